The number of aryl methyl sites for hydroxylation is 1. The predicted octanol–water partition coefficient (Wildman–Crippen LogP) is 3.15. The average Bonchev–Trinajstić information content (AvgIpc) is 2.74. The molecule has 88 valence electrons. The zero-order valence-electron chi connectivity index (χ0n) is 9.97. The number of hydrogen-bond acceptors (Lipinski definition) is 2. The molecule has 0 atom stereocenters. The molecule has 1 heterocycles. The number of rotatable bonds is 5. The minimum atomic E-state index is 0.356. The summed E-state index contributed by atoms with van der Waals surface area (Å²) < 4.78 is 2.13. The first-order chi connectivity index (χ1) is 8.28. The summed E-state index contributed by atoms with van der Waals surface area (Å²) in [7, 11) is 0. The maximum Gasteiger partial charge on any atom is 0.0852 e. The van der Waals surface area contributed by atoms with Gasteiger partial charge in [-0.1, -0.05) is 35.0 Å². The molecule has 0 aliphatic heterocycles. The summed E-state index contributed by atoms with van der Waals surface area (Å²) in [4.78, 5) is 10.1. The topological polar surface area (TPSA) is 34.4 Å². The van der Waals surface area contributed by atoms with Crippen LogP contribution in [0.5, 0.6) is 0 Å². The normalized spacial score (nSPS) is 10.4. The fraction of sp³-hybridized carbons (Fsp3) is 0.286. The van der Waals surface area contributed by atoms with Crippen molar-refractivity contribution in [2.45, 2.75) is 19.9 Å². The van der Waals surface area contributed by atoms with Crippen LogP contribution in [0.1, 0.15) is 16.7 Å². The van der Waals surface area contributed by atoms with E-state index in [1.807, 2.05) is 12.3 Å². The van der Waals surface area contributed by atoms with Gasteiger partial charge in [0.05, 0.1) is 6.54 Å². The molecule has 17 heavy (non-hydrogen) atoms. The molecule has 3 nitrogen and oxygen atoms in total. The van der Waals surface area contributed by atoms with Gasteiger partial charge in [0.15, 0.2) is 0 Å². The Morgan fingerprint density at radius 2 is 2.12 bits per heavy atom. The summed E-state index contributed by atoms with van der Waals surface area (Å²) in [6.45, 7) is 3.32. The van der Waals surface area contributed by atoms with Crippen LogP contribution in [0.4, 0.5) is 0 Å². The number of hydrogen-bond donors (Lipinski definition) is 0. The third-order valence-electron chi connectivity index (χ3n) is 2.75. The minimum absolute atomic E-state index is 0.356. The summed E-state index contributed by atoms with van der Waals surface area (Å²) in [6.07, 6.45) is 4.85. The first kappa shape index (κ1) is 11.6. The van der Waals surface area contributed by atoms with Gasteiger partial charge in [-0.05, 0) is 30.5 Å². The number of nitroso groups, excluding NO2 is 1. The molecule has 0 spiro atoms. The molecule has 0 radical (unpaired) electrons. The minimum Gasteiger partial charge on any atom is -0.350 e. The van der Waals surface area contributed by atoms with Gasteiger partial charge in [-0.25, -0.2) is 0 Å². The van der Waals surface area contributed by atoms with Crippen LogP contribution in [0.2, 0.25) is 0 Å². The third-order valence-corrected chi connectivity index (χ3v) is 2.75. The van der Waals surface area contributed by atoms with Crippen molar-refractivity contribution in [2.75, 3.05) is 6.54 Å². The second-order valence-electron chi connectivity index (χ2n) is 4.28. The maximum absolute atomic E-state index is 10.1. The molecule has 1 aromatic heterocycles. The van der Waals surface area contributed by atoms with Crippen LogP contribution in [-0.2, 0) is 13.0 Å². The smallest absolute Gasteiger partial charge is 0.0852 e. The zero-order chi connectivity index (χ0) is 12.1. The Hall–Kier alpha value is -1.90. The van der Waals surface area contributed by atoms with Gasteiger partial charge in [-0.2, -0.15) is 4.91 Å². The van der Waals surface area contributed by atoms with Gasteiger partial charge in [0, 0.05) is 18.9 Å². The first-order valence-corrected chi connectivity index (χ1v) is 5.77. The maximum atomic E-state index is 10.1. The van der Waals surface area contributed by atoms with E-state index in [0.29, 0.717) is 6.54 Å². The van der Waals surface area contributed by atoms with Crippen molar-refractivity contribution in [1.82, 2.24) is 4.57 Å². The lowest BCUT2D eigenvalue weighted by Crippen LogP contribution is -1.96. The molecule has 0 amide bonds. The molecular weight excluding hydrogens is 212 g/mol. The molecule has 0 unspecified atom stereocenters. The van der Waals surface area contributed by atoms with E-state index in [-0.39, 0.29) is 0 Å². The number of aromatic nitrogens is 1. The van der Waals surface area contributed by atoms with Crippen LogP contribution in [0.25, 0.3) is 0 Å². The predicted molar refractivity (Wildman–Crippen MR) is 69.1 cm³/mol. The lowest BCUT2D eigenvalue weighted by Gasteiger charge is -2.04. The van der Waals surface area contributed by atoms with Crippen molar-refractivity contribution in [3.63, 3.8) is 0 Å². The molecule has 0 bridgehead atoms. The lowest BCUT2D eigenvalue weighted by molar-refractivity contribution is 0.799. The Morgan fingerprint density at radius 3 is 2.88 bits per heavy atom. The fourth-order valence-electron chi connectivity index (χ4n) is 1.93. The van der Waals surface area contributed by atoms with Crippen molar-refractivity contribution in [1.29, 1.82) is 0 Å². The zero-order valence-corrected chi connectivity index (χ0v) is 9.97. The molecule has 3 heteroatoms. The SMILES string of the molecule is Cc1cccc(Cn2ccc(CCN=O)c2)c1. The molecule has 0 fully saturated rings. The van der Waals surface area contributed by atoms with Crippen LogP contribution in [0.3, 0.4) is 0 Å². The summed E-state index contributed by atoms with van der Waals surface area (Å²) in [5.74, 6) is 0. The third kappa shape index (κ3) is 3.28. The monoisotopic (exact) mass is 228 g/mol. The molecule has 1 aromatic carbocycles. The summed E-state index contributed by atoms with van der Waals surface area (Å²) in [5, 5.41) is 2.88. The van der Waals surface area contributed by atoms with E-state index in [1.165, 1.54) is 11.1 Å². The van der Waals surface area contributed by atoms with E-state index in [9.17, 15) is 4.91 Å². The second kappa shape index (κ2) is 5.43. The molecule has 2 aromatic rings. The Bertz CT molecular complexity index is 502. The highest BCUT2D eigenvalue weighted by molar-refractivity contribution is 5.23. The first-order valence-electron chi connectivity index (χ1n) is 5.77. The number of benzene rings is 1. The van der Waals surface area contributed by atoms with Gasteiger partial charge in [0.25, 0.3) is 0 Å². The van der Waals surface area contributed by atoms with E-state index in [4.69, 9.17) is 0 Å². The van der Waals surface area contributed by atoms with E-state index in [2.05, 4.69) is 47.1 Å². The van der Waals surface area contributed by atoms with Gasteiger partial charge < -0.3 is 4.57 Å². The lowest BCUT2D eigenvalue weighted by atomic mass is 10.1. The van der Waals surface area contributed by atoms with E-state index in [1.54, 1.807) is 0 Å². The highest BCUT2D eigenvalue weighted by Crippen LogP contribution is 2.09. The quantitative estimate of drug-likeness (QED) is 0.724. The summed E-state index contributed by atoms with van der Waals surface area (Å²) in [5.41, 5.74) is 3.73. The standard InChI is InChI=1S/C14H16N2O/c1-12-3-2-4-14(9-12)11-16-8-6-13(10-16)5-7-15-17/h2-4,6,8-10H,5,7,11H2,1H3. The van der Waals surface area contributed by atoms with Crippen molar-refractivity contribution < 1.29 is 0 Å². The van der Waals surface area contributed by atoms with E-state index >= 15 is 0 Å². The Labute approximate surface area is 101 Å². The van der Waals surface area contributed by atoms with Gasteiger partial charge in [0.1, 0.15) is 0 Å². The largest absolute Gasteiger partial charge is 0.350 e. The highest BCUT2D eigenvalue weighted by Gasteiger charge is 1.99. The van der Waals surface area contributed by atoms with Gasteiger partial charge in [-0.3, -0.25) is 0 Å². The molecule has 0 saturated heterocycles. The van der Waals surface area contributed by atoms with Crippen LogP contribution in [0.15, 0.2) is 47.9 Å². The Balaban J connectivity index is 2.03. The van der Waals surface area contributed by atoms with Gasteiger partial charge in [0.2, 0.25) is 0 Å². The molecule has 2 rings (SSSR count). The Morgan fingerprint density at radius 1 is 1.24 bits per heavy atom. The van der Waals surface area contributed by atoms with Crippen LogP contribution in [-0.4, -0.2) is 11.1 Å². The van der Waals surface area contributed by atoms with E-state index < -0.39 is 0 Å². The van der Waals surface area contributed by atoms with Crippen molar-refractivity contribution in [3.8, 4) is 0 Å². The summed E-state index contributed by atoms with van der Waals surface area (Å²) >= 11 is 0. The van der Waals surface area contributed by atoms with Crippen LogP contribution >= 0.6 is 0 Å². The molecule has 0 saturated carbocycles. The van der Waals surface area contributed by atoms with E-state index in [0.717, 1.165) is 18.5 Å². The molecule has 0 N–H and O–H groups in total. The fourth-order valence-corrected chi connectivity index (χ4v) is 1.93. The van der Waals surface area contributed by atoms with Gasteiger partial charge in [-0.15, -0.1) is 0 Å². The summed E-state index contributed by atoms with van der Waals surface area (Å²) in [6, 6.07) is 10.5. The van der Waals surface area contributed by atoms with Gasteiger partial charge >= 0.3 is 0 Å². The van der Waals surface area contributed by atoms with Crippen LogP contribution < -0.4 is 0 Å². The average molecular weight is 228 g/mol. The molecular formula is C14H16N2O. The van der Waals surface area contributed by atoms with Crippen molar-refractivity contribution >= 4 is 0 Å². The Kier molecular flexibility index (Phi) is 3.70. The molecule has 0 aliphatic rings. The number of nitrogens with zero attached hydrogens (tertiary/aromatic N) is 2. The highest BCUT2D eigenvalue weighted by atomic mass is 16.3. The second-order valence-corrected chi connectivity index (χ2v) is 4.28. The van der Waals surface area contributed by atoms with Crippen molar-refractivity contribution in [3.05, 3.63) is 64.3 Å². The van der Waals surface area contributed by atoms with Crippen LogP contribution in [0, 0.1) is 11.8 Å². The molecule has 0 aliphatic carbocycles. The van der Waals surface area contributed by atoms with Crippen molar-refractivity contribution in [2.24, 2.45) is 5.18 Å².